The summed E-state index contributed by atoms with van der Waals surface area (Å²) in [6, 6.07) is 7.49. The Kier molecular flexibility index (Phi) is 3.98. The third-order valence-corrected chi connectivity index (χ3v) is 4.28. The number of hydrogen-bond acceptors (Lipinski definition) is 4. The van der Waals surface area contributed by atoms with Gasteiger partial charge in [-0.2, -0.15) is 0 Å². The molecule has 1 aliphatic heterocycles. The lowest BCUT2D eigenvalue weighted by Crippen LogP contribution is -2.48. The normalized spacial score (nSPS) is 20.3. The van der Waals surface area contributed by atoms with Crippen LogP contribution in [0.4, 0.5) is 0 Å². The number of hydrogen-bond donors (Lipinski definition) is 2. The molecule has 0 spiro atoms. The number of piperidine rings is 1. The van der Waals surface area contributed by atoms with E-state index in [0.717, 1.165) is 19.4 Å². The Labute approximate surface area is 107 Å². The summed E-state index contributed by atoms with van der Waals surface area (Å²) in [4.78, 5) is 11.9. The Balaban J connectivity index is 2.06. The van der Waals surface area contributed by atoms with E-state index in [1.165, 1.54) is 12.1 Å². The highest BCUT2D eigenvalue weighted by Gasteiger charge is 2.25. The average Bonchev–Trinajstić information content (AvgIpc) is 2.40. The van der Waals surface area contributed by atoms with Crippen molar-refractivity contribution in [3.8, 4) is 0 Å². The molecule has 0 aromatic heterocycles. The summed E-state index contributed by atoms with van der Waals surface area (Å²) in [7, 11) is -3.75. The maximum absolute atomic E-state index is 11.9. The molecule has 0 saturated carbocycles. The Morgan fingerprint density at radius 1 is 1.22 bits per heavy atom. The third-order valence-electron chi connectivity index (χ3n) is 2.92. The van der Waals surface area contributed by atoms with Crippen molar-refractivity contribution in [3.63, 3.8) is 0 Å². The predicted octanol–water partition coefficient (Wildman–Crippen LogP) is 0.634. The lowest BCUT2D eigenvalue weighted by Gasteiger charge is -2.22. The minimum atomic E-state index is -3.75. The molecule has 0 unspecified atom stereocenters. The van der Waals surface area contributed by atoms with Crippen LogP contribution in [0.15, 0.2) is 35.2 Å². The van der Waals surface area contributed by atoms with E-state index in [2.05, 4.69) is 10.0 Å². The Morgan fingerprint density at radius 2 is 1.94 bits per heavy atom. The molecule has 1 saturated heterocycles. The van der Waals surface area contributed by atoms with Gasteiger partial charge in [-0.15, -0.1) is 0 Å². The molecule has 2 N–H and O–H groups in total. The molecular weight excluding hydrogens is 252 g/mol. The highest BCUT2D eigenvalue weighted by molar-refractivity contribution is 7.90. The van der Waals surface area contributed by atoms with Gasteiger partial charge in [-0.3, -0.25) is 4.79 Å². The van der Waals surface area contributed by atoms with Gasteiger partial charge in [0.05, 0.1) is 10.9 Å². The monoisotopic (exact) mass is 268 g/mol. The molecule has 1 amide bonds. The molecule has 6 heteroatoms. The second-order valence-corrected chi connectivity index (χ2v) is 5.97. The lowest BCUT2D eigenvalue weighted by molar-refractivity contribution is -0.121. The highest BCUT2D eigenvalue weighted by atomic mass is 32.2. The molecule has 5 nitrogen and oxygen atoms in total. The van der Waals surface area contributed by atoms with E-state index in [1.54, 1.807) is 18.2 Å². The second-order valence-electron chi connectivity index (χ2n) is 4.29. The molecule has 18 heavy (non-hydrogen) atoms. The zero-order valence-electron chi connectivity index (χ0n) is 9.93. The summed E-state index contributed by atoms with van der Waals surface area (Å²) in [6.45, 7) is 0.753. The van der Waals surface area contributed by atoms with Crippen LogP contribution < -0.4 is 10.0 Å². The molecule has 1 fully saturated rings. The maximum atomic E-state index is 11.9. The molecule has 1 heterocycles. The zero-order chi connectivity index (χ0) is 13.0. The van der Waals surface area contributed by atoms with Gasteiger partial charge in [-0.25, -0.2) is 13.1 Å². The van der Waals surface area contributed by atoms with Gasteiger partial charge < -0.3 is 5.32 Å². The van der Waals surface area contributed by atoms with Crippen molar-refractivity contribution >= 4 is 15.9 Å². The van der Waals surface area contributed by atoms with E-state index < -0.39 is 22.0 Å². The fourth-order valence-electron chi connectivity index (χ4n) is 1.94. The summed E-state index contributed by atoms with van der Waals surface area (Å²) in [5, 5.41) is 3.02. The highest BCUT2D eigenvalue weighted by Crippen LogP contribution is 2.10. The van der Waals surface area contributed by atoms with Crippen LogP contribution >= 0.6 is 0 Å². The summed E-state index contributed by atoms with van der Waals surface area (Å²) < 4.78 is 26.0. The number of amides is 1. The first kappa shape index (κ1) is 13.0. The molecule has 1 aliphatic rings. The standard InChI is InChI=1S/C12H16N2O3S/c15-12(11-8-4-5-9-13-11)14-18(16,17)10-6-2-1-3-7-10/h1-3,6-7,11,13H,4-5,8-9H2,(H,14,15)/t11-/m0/s1. The summed E-state index contributed by atoms with van der Waals surface area (Å²) in [6.07, 6.45) is 2.64. The van der Waals surface area contributed by atoms with E-state index in [1.807, 2.05) is 0 Å². The quantitative estimate of drug-likeness (QED) is 0.843. The molecule has 1 atom stereocenters. The first-order chi connectivity index (χ1) is 8.59. The lowest BCUT2D eigenvalue weighted by atomic mass is 10.1. The first-order valence-corrected chi connectivity index (χ1v) is 7.43. The first-order valence-electron chi connectivity index (χ1n) is 5.95. The summed E-state index contributed by atoms with van der Waals surface area (Å²) in [5.74, 6) is -0.474. The van der Waals surface area contributed by atoms with E-state index in [-0.39, 0.29) is 4.90 Å². The maximum Gasteiger partial charge on any atom is 0.264 e. The van der Waals surface area contributed by atoms with Crippen LogP contribution in [0.1, 0.15) is 19.3 Å². The zero-order valence-corrected chi connectivity index (χ0v) is 10.7. The molecule has 2 rings (SSSR count). The number of carbonyl (C=O) groups excluding carboxylic acids is 1. The molecular formula is C12H16N2O3S. The van der Waals surface area contributed by atoms with Crippen molar-refractivity contribution in [1.29, 1.82) is 0 Å². The number of carbonyl (C=O) groups is 1. The van der Waals surface area contributed by atoms with Gasteiger partial charge in [-0.05, 0) is 31.5 Å². The van der Waals surface area contributed by atoms with Crippen LogP contribution in [0.2, 0.25) is 0 Å². The van der Waals surface area contributed by atoms with Crippen LogP contribution in [0, 0.1) is 0 Å². The number of sulfonamides is 1. The van der Waals surface area contributed by atoms with Gasteiger partial charge in [0, 0.05) is 0 Å². The van der Waals surface area contributed by atoms with Gasteiger partial charge in [0.1, 0.15) is 0 Å². The van der Waals surface area contributed by atoms with E-state index in [4.69, 9.17) is 0 Å². The number of benzene rings is 1. The van der Waals surface area contributed by atoms with Crippen molar-refractivity contribution in [2.45, 2.75) is 30.2 Å². The average molecular weight is 268 g/mol. The van der Waals surface area contributed by atoms with Crippen molar-refractivity contribution < 1.29 is 13.2 Å². The van der Waals surface area contributed by atoms with Crippen molar-refractivity contribution in [2.75, 3.05) is 6.54 Å². The third kappa shape index (κ3) is 3.08. The second kappa shape index (κ2) is 5.49. The smallest absolute Gasteiger partial charge is 0.264 e. The van der Waals surface area contributed by atoms with Crippen LogP contribution in [-0.4, -0.2) is 26.9 Å². The Hall–Kier alpha value is -1.40. The van der Waals surface area contributed by atoms with Gasteiger partial charge >= 0.3 is 0 Å². The Bertz CT molecular complexity index is 507. The van der Waals surface area contributed by atoms with Crippen LogP contribution in [0.3, 0.4) is 0 Å². The van der Waals surface area contributed by atoms with Gasteiger partial charge in [0.2, 0.25) is 0 Å². The van der Waals surface area contributed by atoms with Gasteiger partial charge in [-0.1, -0.05) is 24.6 Å². The molecule has 1 aromatic carbocycles. The van der Waals surface area contributed by atoms with Crippen molar-refractivity contribution in [3.05, 3.63) is 30.3 Å². The number of nitrogens with one attached hydrogen (secondary N) is 2. The SMILES string of the molecule is O=C(NS(=O)(=O)c1ccccc1)[C@@H]1CCCCN1. The van der Waals surface area contributed by atoms with Gasteiger partial charge in [0.15, 0.2) is 0 Å². The molecule has 0 radical (unpaired) electrons. The van der Waals surface area contributed by atoms with E-state index in [0.29, 0.717) is 6.42 Å². The molecule has 98 valence electrons. The Morgan fingerprint density at radius 3 is 2.56 bits per heavy atom. The van der Waals surface area contributed by atoms with E-state index in [9.17, 15) is 13.2 Å². The molecule has 0 bridgehead atoms. The summed E-state index contributed by atoms with van der Waals surface area (Å²) >= 11 is 0. The fraction of sp³-hybridized carbons (Fsp3) is 0.417. The van der Waals surface area contributed by atoms with Crippen LogP contribution in [0.5, 0.6) is 0 Å². The topological polar surface area (TPSA) is 75.3 Å². The van der Waals surface area contributed by atoms with Crippen LogP contribution in [0.25, 0.3) is 0 Å². The molecule has 0 aliphatic carbocycles. The predicted molar refractivity (Wildman–Crippen MR) is 67.4 cm³/mol. The minimum absolute atomic E-state index is 0.106. The largest absolute Gasteiger partial charge is 0.306 e. The number of rotatable bonds is 3. The minimum Gasteiger partial charge on any atom is -0.306 e. The van der Waals surface area contributed by atoms with Gasteiger partial charge in [0.25, 0.3) is 15.9 Å². The van der Waals surface area contributed by atoms with Crippen LogP contribution in [-0.2, 0) is 14.8 Å². The molecule has 1 aromatic rings. The van der Waals surface area contributed by atoms with Crippen molar-refractivity contribution in [2.24, 2.45) is 0 Å². The van der Waals surface area contributed by atoms with E-state index >= 15 is 0 Å². The summed E-state index contributed by atoms with van der Waals surface area (Å²) in [5.41, 5.74) is 0. The van der Waals surface area contributed by atoms with Crippen molar-refractivity contribution in [1.82, 2.24) is 10.0 Å². The fourth-order valence-corrected chi connectivity index (χ4v) is 2.98.